The Morgan fingerprint density at radius 2 is 1.58 bits per heavy atom. The number of fused-ring (bicyclic) bond motifs is 3. The van der Waals surface area contributed by atoms with Crippen molar-refractivity contribution >= 4 is 29.2 Å². The molecular formula is C62H93NO13. The van der Waals surface area contributed by atoms with E-state index >= 15 is 0 Å². The van der Waals surface area contributed by atoms with Gasteiger partial charge in [0.05, 0.1) is 24.4 Å². The molecule has 424 valence electrons. The molecule has 0 radical (unpaired) electrons. The van der Waals surface area contributed by atoms with Gasteiger partial charge in [0.25, 0.3) is 11.7 Å². The number of Topliss-reactive ketones (excluding diaryl/α,β-unsaturated/α-hetero) is 3. The average molecular weight is 1060 g/mol. The third-order valence-corrected chi connectivity index (χ3v) is 16.5. The van der Waals surface area contributed by atoms with E-state index in [0.717, 1.165) is 44.1 Å². The van der Waals surface area contributed by atoms with Gasteiger partial charge in [0.15, 0.2) is 5.78 Å². The van der Waals surface area contributed by atoms with Gasteiger partial charge in [-0.05, 0) is 132 Å². The van der Waals surface area contributed by atoms with Gasteiger partial charge in [-0.2, -0.15) is 0 Å². The second-order valence-electron chi connectivity index (χ2n) is 22.7. The minimum absolute atomic E-state index is 0.0180. The maximum absolute atomic E-state index is 14.6. The summed E-state index contributed by atoms with van der Waals surface area (Å²) in [5, 5.41) is 23.7. The number of methoxy groups -OCH3 is 2. The van der Waals surface area contributed by atoms with Gasteiger partial charge < -0.3 is 43.5 Å². The quantitative estimate of drug-likeness (QED) is 0.0825. The lowest BCUT2D eigenvalue weighted by molar-refractivity contribution is -0.266. The zero-order chi connectivity index (χ0) is 55.5. The normalized spacial score (nSPS) is 36.2. The number of carbonyl (C=O) groups excluding carboxylic acids is 5. The number of aliphatic hydroxyl groups excluding tert-OH is 1. The number of hydrogen-bond acceptors (Lipinski definition) is 13. The van der Waals surface area contributed by atoms with E-state index in [1.807, 2.05) is 83.2 Å². The van der Waals surface area contributed by atoms with Crippen LogP contribution in [0.5, 0.6) is 0 Å². The number of carbonyl (C=O) groups is 5. The molecule has 3 aliphatic heterocycles. The van der Waals surface area contributed by atoms with Crippen molar-refractivity contribution in [1.29, 1.82) is 0 Å². The summed E-state index contributed by atoms with van der Waals surface area (Å²) in [5.74, 6) is -7.79. The number of aliphatic hydroxyl groups is 2. The second-order valence-corrected chi connectivity index (χ2v) is 22.7. The lowest BCUT2D eigenvalue weighted by Crippen LogP contribution is -2.61. The molecule has 1 aliphatic carbocycles. The molecular weight excluding hydrogens is 967 g/mol. The van der Waals surface area contributed by atoms with E-state index in [-0.39, 0.29) is 60.9 Å². The van der Waals surface area contributed by atoms with Crippen molar-refractivity contribution in [3.63, 3.8) is 0 Å². The molecule has 1 amide bonds. The molecule has 15 atom stereocenters. The van der Waals surface area contributed by atoms with E-state index in [1.54, 1.807) is 34.0 Å². The molecule has 14 heteroatoms. The number of amides is 1. The number of piperidine rings is 1. The van der Waals surface area contributed by atoms with Gasteiger partial charge >= 0.3 is 5.97 Å². The van der Waals surface area contributed by atoms with Crippen LogP contribution in [0, 0.1) is 35.5 Å². The van der Waals surface area contributed by atoms with E-state index < -0.39 is 77.8 Å². The van der Waals surface area contributed by atoms with Gasteiger partial charge in [-0.15, -0.1) is 0 Å². The third kappa shape index (κ3) is 17.7. The summed E-state index contributed by atoms with van der Waals surface area (Å²) in [6.07, 6.45) is 15.3. The van der Waals surface area contributed by atoms with Crippen LogP contribution < -0.4 is 0 Å². The molecule has 76 heavy (non-hydrogen) atoms. The number of aryl methyl sites for hydroxylation is 1. The van der Waals surface area contributed by atoms with E-state index in [1.165, 1.54) is 17.6 Å². The number of esters is 1. The molecule has 2 saturated heterocycles. The lowest BCUT2D eigenvalue weighted by atomic mass is 9.78. The Bertz CT molecular complexity index is 2150. The molecule has 0 aromatic heterocycles. The van der Waals surface area contributed by atoms with E-state index in [0.29, 0.717) is 63.7 Å². The van der Waals surface area contributed by atoms with Gasteiger partial charge in [0, 0.05) is 64.6 Å². The minimum Gasteiger partial charge on any atom is -0.460 e. The first-order chi connectivity index (χ1) is 36.3. The number of benzene rings is 1. The molecule has 3 fully saturated rings. The molecule has 2 N–H and O–H groups in total. The summed E-state index contributed by atoms with van der Waals surface area (Å²) in [5.41, 5.74) is 2.58. The summed E-state index contributed by atoms with van der Waals surface area (Å²) < 4.78 is 37.0. The van der Waals surface area contributed by atoms with Crippen LogP contribution in [-0.2, 0) is 58.8 Å². The fourth-order valence-electron chi connectivity index (χ4n) is 11.6. The number of rotatable bonds is 13. The molecule has 1 aromatic rings. The van der Waals surface area contributed by atoms with Crippen molar-refractivity contribution in [2.45, 2.75) is 206 Å². The van der Waals surface area contributed by atoms with Crippen molar-refractivity contribution in [2.24, 2.45) is 35.5 Å². The highest BCUT2D eigenvalue weighted by Crippen LogP contribution is 2.38. The van der Waals surface area contributed by atoms with Gasteiger partial charge in [-0.1, -0.05) is 108 Å². The van der Waals surface area contributed by atoms with Crippen LogP contribution in [0.2, 0.25) is 0 Å². The van der Waals surface area contributed by atoms with Crippen molar-refractivity contribution in [3.8, 4) is 0 Å². The fourth-order valence-corrected chi connectivity index (χ4v) is 11.6. The number of nitrogens with zero attached hydrogens (tertiary/aromatic N) is 1. The van der Waals surface area contributed by atoms with Crippen LogP contribution in [0.1, 0.15) is 151 Å². The summed E-state index contributed by atoms with van der Waals surface area (Å²) in [6, 6.07) is 9.20. The van der Waals surface area contributed by atoms with Crippen LogP contribution in [-0.4, -0.2) is 133 Å². The monoisotopic (exact) mass is 1060 g/mol. The van der Waals surface area contributed by atoms with Crippen LogP contribution >= 0.6 is 0 Å². The second kappa shape index (κ2) is 30.9. The van der Waals surface area contributed by atoms with Crippen LogP contribution in [0.25, 0.3) is 0 Å². The zero-order valence-electron chi connectivity index (χ0n) is 47.5. The Morgan fingerprint density at radius 3 is 2.29 bits per heavy atom. The Kier molecular flexibility index (Phi) is 25.4. The number of hydrogen-bond donors (Lipinski definition) is 2. The minimum atomic E-state index is -2.43. The molecule has 3 heterocycles. The molecule has 5 rings (SSSR count). The first-order valence-corrected chi connectivity index (χ1v) is 28.5. The Balaban J connectivity index is 1.42. The van der Waals surface area contributed by atoms with Gasteiger partial charge in [-0.3, -0.25) is 19.2 Å². The molecule has 0 spiro atoms. The highest BCUT2D eigenvalue weighted by Gasteiger charge is 2.53. The van der Waals surface area contributed by atoms with Crippen LogP contribution in [0.4, 0.5) is 0 Å². The van der Waals surface area contributed by atoms with Gasteiger partial charge in [0.1, 0.15) is 30.1 Å². The average Bonchev–Trinajstić information content (AvgIpc) is 3.41. The van der Waals surface area contributed by atoms with Crippen molar-refractivity contribution in [2.75, 3.05) is 34.0 Å². The van der Waals surface area contributed by atoms with E-state index in [4.69, 9.17) is 28.4 Å². The predicted molar refractivity (Wildman–Crippen MR) is 293 cm³/mol. The summed E-state index contributed by atoms with van der Waals surface area (Å²) >= 11 is 0. The maximum Gasteiger partial charge on any atom is 0.329 e. The molecule has 14 nitrogen and oxygen atoms in total. The standard InChI is InChI=1S/C62H93NO13/c1-11-32-73-53-38-49-29-27-46(8)62(70,76-49)59(67)60(68)63-31-19-18-26-50(63)61(69)75-54(43(5)36-48-28-30-52(55(37-48)71-9)74-33-20-25-47-23-16-13-17-24-47)39-51(64)42(4)35-45(7)57(66)58(72-10)56(65)44(6)34-40(2)21-14-12-15-22-41(53)3/h12-17,21-24,35,40,42-44,46,48-50,52-55,57-58,66,70H,11,18-20,25-34,36-39H2,1-10H3/b15-12+,21-14+,41-22+,45-35+/t40-,42-,43-,44-,46-,48+,49+,50+,52-,53?,54+,55-,57-,58+,62-/m1/s1. The first-order valence-electron chi connectivity index (χ1n) is 28.5. The van der Waals surface area contributed by atoms with Crippen molar-refractivity contribution in [3.05, 3.63) is 83.5 Å². The van der Waals surface area contributed by atoms with Gasteiger partial charge in [0.2, 0.25) is 5.79 Å². The number of ether oxygens (including phenoxy) is 6. The predicted octanol–water partition coefficient (Wildman–Crippen LogP) is 9.62. The molecule has 1 aromatic carbocycles. The molecule has 2 bridgehead atoms. The molecule has 1 saturated carbocycles. The van der Waals surface area contributed by atoms with E-state index in [2.05, 4.69) is 12.1 Å². The van der Waals surface area contributed by atoms with Crippen LogP contribution in [0.15, 0.2) is 77.9 Å². The largest absolute Gasteiger partial charge is 0.460 e. The topological polar surface area (TPSA) is 184 Å². The number of allylic oxidation sites excluding steroid dienone is 6. The smallest absolute Gasteiger partial charge is 0.329 e. The first kappa shape index (κ1) is 62.7. The SMILES string of the molecule is CCCOC1C[C@@H]2CC[C@@H](C)[C@@](O)(O2)C(=O)C(=O)N2CCCC[C@H]2C(=O)O[C@H]([C@H](C)C[C@@H]2CC[C@@H](OCCCc3ccccc3)[C@H](OC)C2)CC(=O)[C@H](C)/C=C(\C)[C@@H](O)[C@@H](OC)C(=O)[C@H](C)C[C@H](C)/C=C/C=C/C=C/1C. The lowest BCUT2D eigenvalue weighted by Gasteiger charge is -2.43. The van der Waals surface area contributed by atoms with Crippen molar-refractivity contribution in [1.82, 2.24) is 4.90 Å². The summed E-state index contributed by atoms with van der Waals surface area (Å²) in [7, 11) is 3.10. The Hall–Kier alpha value is -4.15. The molecule has 4 aliphatic rings. The number of ketones is 3. The highest BCUT2D eigenvalue weighted by molar-refractivity contribution is 6.39. The van der Waals surface area contributed by atoms with E-state index in [9.17, 15) is 34.2 Å². The Morgan fingerprint density at radius 1 is 0.829 bits per heavy atom. The molecule has 1 unspecified atom stereocenters. The summed E-state index contributed by atoms with van der Waals surface area (Å²) in [6.45, 7) is 16.1. The number of cyclic esters (lactones) is 1. The summed E-state index contributed by atoms with van der Waals surface area (Å²) in [4.78, 5) is 73.0. The van der Waals surface area contributed by atoms with Crippen LogP contribution in [0.3, 0.4) is 0 Å². The fraction of sp³-hybridized carbons (Fsp3) is 0.694. The third-order valence-electron chi connectivity index (χ3n) is 16.5. The zero-order valence-corrected chi connectivity index (χ0v) is 47.5. The maximum atomic E-state index is 14.6. The highest BCUT2D eigenvalue weighted by atomic mass is 16.6. The Labute approximate surface area is 454 Å². The van der Waals surface area contributed by atoms with Gasteiger partial charge in [-0.25, -0.2) is 4.79 Å². The van der Waals surface area contributed by atoms with Crippen molar-refractivity contribution < 1.29 is 62.6 Å².